The molecule has 1 aliphatic heterocycles. The van der Waals surface area contributed by atoms with Crippen LogP contribution in [-0.2, 0) is 6.54 Å². The highest BCUT2D eigenvalue weighted by molar-refractivity contribution is 5.11. The van der Waals surface area contributed by atoms with Gasteiger partial charge < -0.3 is 9.88 Å². The lowest BCUT2D eigenvalue weighted by Gasteiger charge is -2.19. The average Bonchev–Trinajstić information content (AvgIpc) is 3.20. The summed E-state index contributed by atoms with van der Waals surface area (Å²) in [7, 11) is 0. The zero-order valence-corrected chi connectivity index (χ0v) is 10.4. The Morgan fingerprint density at radius 2 is 2.24 bits per heavy atom. The van der Waals surface area contributed by atoms with Crippen molar-refractivity contribution in [1.29, 1.82) is 0 Å². The second kappa shape index (κ2) is 3.58. The normalized spacial score (nSPS) is 30.7. The Labute approximate surface area is 103 Å². The minimum Gasteiger partial charge on any atom is -0.333 e. The van der Waals surface area contributed by atoms with E-state index in [1.807, 2.05) is 0 Å². The van der Waals surface area contributed by atoms with Crippen LogP contribution in [0.2, 0.25) is 0 Å². The largest absolute Gasteiger partial charge is 0.333 e. The van der Waals surface area contributed by atoms with Gasteiger partial charge in [-0.1, -0.05) is 0 Å². The van der Waals surface area contributed by atoms with Gasteiger partial charge in [-0.15, -0.1) is 0 Å². The predicted molar refractivity (Wildman–Crippen MR) is 66.6 cm³/mol. The molecule has 2 heterocycles. The van der Waals surface area contributed by atoms with Crippen LogP contribution in [-0.4, -0.2) is 16.1 Å². The van der Waals surface area contributed by atoms with Crippen LogP contribution in [0.3, 0.4) is 0 Å². The maximum Gasteiger partial charge on any atom is 0.0948 e. The molecule has 3 fully saturated rings. The van der Waals surface area contributed by atoms with Crippen LogP contribution in [0.5, 0.6) is 0 Å². The van der Waals surface area contributed by atoms with Crippen LogP contribution in [0.4, 0.5) is 0 Å². The molecule has 2 aliphatic carbocycles. The molecule has 17 heavy (non-hydrogen) atoms. The molecule has 1 aromatic heterocycles. The molecule has 1 N–H and O–H groups in total. The summed E-state index contributed by atoms with van der Waals surface area (Å²) >= 11 is 0. The molecule has 0 spiro atoms. The zero-order valence-electron chi connectivity index (χ0n) is 10.4. The van der Waals surface area contributed by atoms with Crippen molar-refractivity contribution >= 4 is 0 Å². The van der Waals surface area contributed by atoms with Crippen LogP contribution in [0.25, 0.3) is 0 Å². The zero-order chi connectivity index (χ0) is 11.3. The van der Waals surface area contributed by atoms with Gasteiger partial charge in [-0.2, -0.15) is 0 Å². The molecule has 3 heteroatoms. The van der Waals surface area contributed by atoms with E-state index in [4.69, 9.17) is 0 Å². The standard InChI is InChI=1S/C14H21N3/c1-2-12(16-7-1)13-8-15-10-17(13)9-14(5-6-14)11-3-4-11/h8,10-12,16H,1-7,9H2/t12-/m0/s1. The predicted octanol–water partition coefficient (Wildman–Crippen LogP) is 2.50. The third kappa shape index (κ3) is 1.71. The first kappa shape index (κ1) is 10.1. The van der Waals surface area contributed by atoms with Gasteiger partial charge in [0.05, 0.1) is 12.0 Å². The lowest BCUT2D eigenvalue weighted by molar-refractivity contribution is 0.359. The molecule has 1 aromatic rings. The van der Waals surface area contributed by atoms with Gasteiger partial charge >= 0.3 is 0 Å². The average molecular weight is 231 g/mol. The van der Waals surface area contributed by atoms with Gasteiger partial charge in [0.15, 0.2) is 0 Å². The Hall–Kier alpha value is -0.830. The summed E-state index contributed by atoms with van der Waals surface area (Å²) in [6.45, 7) is 2.40. The van der Waals surface area contributed by atoms with Gasteiger partial charge in [0.1, 0.15) is 0 Å². The lowest BCUT2D eigenvalue weighted by atomic mass is 10.0. The fraction of sp³-hybridized carbons (Fsp3) is 0.786. The molecule has 0 unspecified atom stereocenters. The minimum atomic E-state index is 0.563. The number of nitrogens with zero attached hydrogens (tertiary/aromatic N) is 2. The first-order chi connectivity index (χ1) is 8.37. The molecule has 0 bridgehead atoms. The van der Waals surface area contributed by atoms with Crippen molar-refractivity contribution in [2.75, 3.05) is 6.54 Å². The van der Waals surface area contributed by atoms with Crippen LogP contribution < -0.4 is 5.32 Å². The van der Waals surface area contributed by atoms with Crippen molar-refractivity contribution in [2.24, 2.45) is 11.3 Å². The highest BCUT2D eigenvalue weighted by Gasteiger charge is 2.53. The summed E-state index contributed by atoms with van der Waals surface area (Å²) < 4.78 is 2.44. The first-order valence-corrected chi connectivity index (χ1v) is 7.11. The van der Waals surface area contributed by atoms with E-state index in [1.54, 1.807) is 0 Å². The SMILES string of the molecule is c1ncn(CC2(C3CC3)CC2)c1[C@@H]1CCCN1. The number of hydrogen-bond acceptors (Lipinski definition) is 2. The van der Waals surface area contributed by atoms with Crippen LogP contribution >= 0.6 is 0 Å². The van der Waals surface area contributed by atoms with Crippen molar-refractivity contribution in [3.8, 4) is 0 Å². The maximum atomic E-state index is 4.38. The topological polar surface area (TPSA) is 29.9 Å². The molecule has 3 nitrogen and oxygen atoms in total. The Morgan fingerprint density at radius 3 is 2.88 bits per heavy atom. The van der Waals surface area contributed by atoms with E-state index in [0.717, 1.165) is 5.92 Å². The Morgan fingerprint density at radius 1 is 1.35 bits per heavy atom. The first-order valence-electron chi connectivity index (χ1n) is 7.11. The van der Waals surface area contributed by atoms with Gasteiger partial charge in [0.25, 0.3) is 0 Å². The van der Waals surface area contributed by atoms with Gasteiger partial charge in [-0.25, -0.2) is 4.98 Å². The lowest BCUT2D eigenvalue weighted by Crippen LogP contribution is -2.20. The Balaban J connectivity index is 1.55. The molecule has 1 atom stereocenters. The summed E-state index contributed by atoms with van der Waals surface area (Å²) in [6.07, 6.45) is 12.6. The summed E-state index contributed by atoms with van der Waals surface area (Å²) in [5, 5.41) is 3.59. The molecule has 2 saturated carbocycles. The quantitative estimate of drug-likeness (QED) is 0.863. The van der Waals surface area contributed by atoms with Crippen molar-refractivity contribution in [3.63, 3.8) is 0 Å². The smallest absolute Gasteiger partial charge is 0.0948 e. The molecular weight excluding hydrogens is 210 g/mol. The highest BCUT2D eigenvalue weighted by Crippen LogP contribution is 2.62. The van der Waals surface area contributed by atoms with Crippen LogP contribution in [0.15, 0.2) is 12.5 Å². The number of hydrogen-bond donors (Lipinski definition) is 1. The van der Waals surface area contributed by atoms with Gasteiger partial charge in [-0.3, -0.25) is 0 Å². The molecule has 4 rings (SSSR count). The minimum absolute atomic E-state index is 0.563. The third-order valence-electron chi connectivity index (χ3n) is 4.98. The molecule has 0 amide bonds. The molecule has 3 aliphatic rings. The van der Waals surface area contributed by atoms with E-state index in [9.17, 15) is 0 Å². The molecular formula is C14H21N3. The molecule has 0 aromatic carbocycles. The van der Waals surface area contributed by atoms with E-state index in [0.29, 0.717) is 11.5 Å². The number of nitrogens with one attached hydrogen (secondary N) is 1. The van der Waals surface area contributed by atoms with Gasteiger partial charge in [0.2, 0.25) is 0 Å². The van der Waals surface area contributed by atoms with E-state index < -0.39 is 0 Å². The van der Waals surface area contributed by atoms with Crippen molar-refractivity contribution in [3.05, 3.63) is 18.2 Å². The second-order valence-electron chi connectivity index (χ2n) is 6.23. The number of rotatable bonds is 4. The maximum absolute atomic E-state index is 4.38. The van der Waals surface area contributed by atoms with Crippen LogP contribution in [0, 0.1) is 11.3 Å². The van der Waals surface area contributed by atoms with E-state index in [1.165, 1.54) is 57.3 Å². The molecule has 1 saturated heterocycles. The van der Waals surface area contributed by atoms with E-state index in [-0.39, 0.29) is 0 Å². The van der Waals surface area contributed by atoms with Gasteiger partial charge in [0, 0.05) is 18.8 Å². The number of aromatic nitrogens is 2. The summed E-state index contributed by atoms with van der Waals surface area (Å²) in [4.78, 5) is 4.38. The van der Waals surface area contributed by atoms with E-state index >= 15 is 0 Å². The fourth-order valence-corrected chi connectivity index (χ4v) is 3.58. The Bertz CT molecular complexity index is 409. The van der Waals surface area contributed by atoms with E-state index in [2.05, 4.69) is 27.4 Å². The third-order valence-corrected chi connectivity index (χ3v) is 4.98. The summed E-state index contributed by atoms with van der Waals surface area (Å²) in [5.74, 6) is 1.04. The summed E-state index contributed by atoms with van der Waals surface area (Å²) in [6, 6.07) is 0.563. The van der Waals surface area contributed by atoms with Crippen molar-refractivity contribution in [1.82, 2.24) is 14.9 Å². The second-order valence-corrected chi connectivity index (χ2v) is 6.23. The summed E-state index contributed by atoms with van der Waals surface area (Å²) in [5.41, 5.74) is 2.10. The van der Waals surface area contributed by atoms with Crippen molar-refractivity contribution in [2.45, 2.75) is 51.1 Å². The fourth-order valence-electron chi connectivity index (χ4n) is 3.58. The molecule has 92 valence electrons. The van der Waals surface area contributed by atoms with Crippen molar-refractivity contribution < 1.29 is 0 Å². The van der Waals surface area contributed by atoms with Gasteiger partial charge in [-0.05, 0) is 56.4 Å². The Kier molecular flexibility index (Phi) is 2.13. The monoisotopic (exact) mass is 231 g/mol. The highest BCUT2D eigenvalue weighted by atomic mass is 15.1. The number of imidazole rings is 1. The van der Waals surface area contributed by atoms with Crippen LogP contribution in [0.1, 0.15) is 50.3 Å². The molecule has 0 radical (unpaired) electrons.